The summed E-state index contributed by atoms with van der Waals surface area (Å²) in [5.74, 6) is -0.434. The van der Waals surface area contributed by atoms with E-state index in [1.807, 2.05) is 0 Å². The molecule has 1 heterocycles. The molecule has 0 amide bonds. The molecule has 2 aromatic rings. The summed E-state index contributed by atoms with van der Waals surface area (Å²) in [6, 6.07) is 6.44. The number of fused-ring (bicyclic) bond motifs is 1. The fraction of sp³-hybridized carbons (Fsp3) is 0.522. The molecular formula is C23H30N2O2. The third-order valence-electron chi connectivity index (χ3n) is 5.56. The van der Waals surface area contributed by atoms with E-state index in [2.05, 4.69) is 44.0 Å². The molecule has 0 aliphatic heterocycles. The normalized spacial score (nSPS) is 19.1. The van der Waals surface area contributed by atoms with Gasteiger partial charge in [-0.1, -0.05) is 25.0 Å². The number of aromatic nitrogens is 1. The van der Waals surface area contributed by atoms with Crippen molar-refractivity contribution in [2.45, 2.75) is 65.7 Å². The minimum Gasteiger partial charge on any atom is -0.358 e. The number of aliphatic imine (C=N–C) groups is 1. The van der Waals surface area contributed by atoms with Gasteiger partial charge in [0, 0.05) is 41.7 Å². The number of nitrogens with one attached hydrogen (secondary N) is 1. The van der Waals surface area contributed by atoms with Crippen LogP contribution in [0.4, 0.5) is 0 Å². The number of nitrogens with zero attached hydrogens (tertiary/aromatic N) is 1. The van der Waals surface area contributed by atoms with E-state index in [1.165, 1.54) is 22.2 Å². The van der Waals surface area contributed by atoms with Crippen molar-refractivity contribution in [1.29, 1.82) is 0 Å². The van der Waals surface area contributed by atoms with Gasteiger partial charge in [0.25, 0.3) is 0 Å². The van der Waals surface area contributed by atoms with Crippen molar-refractivity contribution >= 4 is 28.2 Å². The molecular weight excluding hydrogens is 336 g/mol. The highest BCUT2D eigenvalue weighted by Crippen LogP contribution is 2.25. The standard InChI is InChI=1S/C23H30N2O2/c1-4-5-8-21(26)23-20(7-6-9-22(23)27)24-13-12-17-16(3)25-19-11-10-15(2)14-18(17)19/h10-11,14,23,25H,4-9,12-13H2,1-3H3/t23-/m1/s1. The van der Waals surface area contributed by atoms with Crippen LogP contribution in [0.1, 0.15) is 62.3 Å². The van der Waals surface area contributed by atoms with Gasteiger partial charge in [0.2, 0.25) is 0 Å². The molecule has 0 spiro atoms. The van der Waals surface area contributed by atoms with Crippen LogP contribution in [0.3, 0.4) is 0 Å². The van der Waals surface area contributed by atoms with E-state index in [1.54, 1.807) is 0 Å². The molecule has 0 unspecified atom stereocenters. The smallest absolute Gasteiger partial charge is 0.149 e. The minimum absolute atomic E-state index is 0.0687. The van der Waals surface area contributed by atoms with Crippen LogP contribution < -0.4 is 0 Å². The summed E-state index contributed by atoms with van der Waals surface area (Å²) in [5, 5.41) is 1.25. The summed E-state index contributed by atoms with van der Waals surface area (Å²) in [4.78, 5) is 33.1. The molecule has 144 valence electrons. The molecule has 1 fully saturated rings. The van der Waals surface area contributed by atoms with Gasteiger partial charge in [0.15, 0.2) is 0 Å². The van der Waals surface area contributed by atoms with Gasteiger partial charge in [0.05, 0.1) is 0 Å². The zero-order valence-corrected chi connectivity index (χ0v) is 16.7. The van der Waals surface area contributed by atoms with Crippen LogP contribution in [0, 0.1) is 19.8 Å². The van der Waals surface area contributed by atoms with Crippen molar-refractivity contribution in [3.63, 3.8) is 0 Å². The number of carbonyl (C=O) groups is 2. The lowest BCUT2D eigenvalue weighted by atomic mass is 9.81. The first-order valence-electron chi connectivity index (χ1n) is 10.2. The summed E-state index contributed by atoms with van der Waals surface area (Å²) in [5.41, 5.74) is 5.68. The van der Waals surface area contributed by atoms with E-state index >= 15 is 0 Å². The van der Waals surface area contributed by atoms with Crippen LogP contribution in [0.5, 0.6) is 0 Å². The molecule has 0 bridgehead atoms. The quantitative estimate of drug-likeness (QED) is 0.709. The van der Waals surface area contributed by atoms with Gasteiger partial charge in [-0.25, -0.2) is 0 Å². The maximum atomic E-state index is 12.5. The van der Waals surface area contributed by atoms with Gasteiger partial charge in [-0.05, 0) is 57.2 Å². The first kappa shape index (κ1) is 19.5. The topological polar surface area (TPSA) is 62.3 Å². The second kappa shape index (κ2) is 8.64. The molecule has 0 saturated heterocycles. The number of aromatic amines is 1. The highest BCUT2D eigenvalue weighted by atomic mass is 16.1. The lowest BCUT2D eigenvalue weighted by Gasteiger charge is -2.22. The number of rotatable bonds is 7. The van der Waals surface area contributed by atoms with E-state index in [0.717, 1.165) is 43.3 Å². The first-order chi connectivity index (χ1) is 13.0. The summed E-state index contributed by atoms with van der Waals surface area (Å²) >= 11 is 0. The molecule has 1 aromatic heterocycles. The molecule has 1 aliphatic carbocycles. The Hall–Kier alpha value is -2.23. The van der Waals surface area contributed by atoms with Gasteiger partial charge in [-0.3, -0.25) is 14.6 Å². The van der Waals surface area contributed by atoms with Crippen LogP contribution in [0.15, 0.2) is 23.2 Å². The van der Waals surface area contributed by atoms with Crippen molar-refractivity contribution in [1.82, 2.24) is 4.98 Å². The van der Waals surface area contributed by atoms with Crippen molar-refractivity contribution in [3.05, 3.63) is 35.0 Å². The Kier molecular flexibility index (Phi) is 6.25. The molecule has 4 heteroatoms. The molecule has 1 aromatic carbocycles. The first-order valence-corrected chi connectivity index (χ1v) is 10.2. The van der Waals surface area contributed by atoms with Crippen LogP contribution in [-0.2, 0) is 16.0 Å². The highest BCUT2D eigenvalue weighted by molar-refractivity contribution is 6.22. The predicted octanol–water partition coefficient (Wildman–Crippen LogP) is 4.90. The Labute approximate surface area is 161 Å². The number of hydrogen-bond acceptors (Lipinski definition) is 3. The third kappa shape index (κ3) is 4.37. The number of Topliss-reactive ketones (excluding diaryl/α,β-unsaturated/α-hetero) is 2. The minimum atomic E-state index is -0.573. The zero-order valence-electron chi connectivity index (χ0n) is 16.7. The molecule has 1 N–H and O–H groups in total. The van der Waals surface area contributed by atoms with E-state index in [-0.39, 0.29) is 11.6 Å². The molecule has 4 nitrogen and oxygen atoms in total. The van der Waals surface area contributed by atoms with Gasteiger partial charge < -0.3 is 4.98 Å². The van der Waals surface area contributed by atoms with Crippen molar-refractivity contribution < 1.29 is 9.59 Å². The van der Waals surface area contributed by atoms with Gasteiger partial charge in [0.1, 0.15) is 17.5 Å². The summed E-state index contributed by atoms with van der Waals surface area (Å²) < 4.78 is 0. The summed E-state index contributed by atoms with van der Waals surface area (Å²) in [7, 11) is 0. The largest absolute Gasteiger partial charge is 0.358 e. The monoisotopic (exact) mass is 366 g/mol. The molecule has 1 saturated carbocycles. The number of carbonyl (C=O) groups excluding carboxylic acids is 2. The Morgan fingerprint density at radius 3 is 2.85 bits per heavy atom. The fourth-order valence-electron chi connectivity index (χ4n) is 4.08. The average Bonchev–Trinajstić information content (AvgIpc) is 2.95. The number of ketones is 2. The van der Waals surface area contributed by atoms with Gasteiger partial charge >= 0.3 is 0 Å². The Balaban J connectivity index is 1.76. The zero-order chi connectivity index (χ0) is 19.4. The number of unbranched alkanes of at least 4 members (excludes halogenated alkanes) is 1. The van der Waals surface area contributed by atoms with E-state index in [0.29, 0.717) is 19.4 Å². The molecule has 0 radical (unpaired) electrons. The Bertz CT molecular complexity index is 876. The van der Waals surface area contributed by atoms with E-state index < -0.39 is 5.92 Å². The highest BCUT2D eigenvalue weighted by Gasteiger charge is 2.33. The Morgan fingerprint density at radius 2 is 2.07 bits per heavy atom. The van der Waals surface area contributed by atoms with Crippen molar-refractivity contribution in [2.75, 3.05) is 6.54 Å². The second-order valence-corrected chi connectivity index (χ2v) is 7.72. The number of benzene rings is 1. The van der Waals surface area contributed by atoms with Gasteiger partial charge in [-0.15, -0.1) is 0 Å². The van der Waals surface area contributed by atoms with Crippen LogP contribution in [-0.4, -0.2) is 28.8 Å². The SMILES string of the molecule is CCCCC(=O)[C@@H]1C(=O)CCCC1=NCCc1c(C)[nH]c2ccc(C)cc12. The van der Waals surface area contributed by atoms with Crippen molar-refractivity contribution in [2.24, 2.45) is 10.9 Å². The Morgan fingerprint density at radius 1 is 1.26 bits per heavy atom. The maximum Gasteiger partial charge on any atom is 0.149 e. The average molecular weight is 367 g/mol. The van der Waals surface area contributed by atoms with E-state index in [9.17, 15) is 9.59 Å². The number of H-pyrrole nitrogens is 1. The predicted molar refractivity (Wildman–Crippen MR) is 111 cm³/mol. The van der Waals surface area contributed by atoms with E-state index in [4.69, 9.17) is 4.99 Å². The van der Waals surface area contributed by atoms with Crippen molar-refractivity contribution in [3.8, 4) is 0 Å². The molecule has 1 aliphatic rings. The lowest BCUT2D eigenvalue weighted by Crippen LogP contribution is -2.35. The molecule has 1 atom stereocenters. The molecule has 3 rings (SSSR count). The van der Waals surface area contributed by atoms with Gasteiger partial charge in [-0.2, -0.15) is 0 Å². The maximum absolute atomic E-state index is 12.5. The molecule has 27 heavy (non-hydrogen) atoms. The summed E-state index contributed by atoms with van der Waals surface area (Å²) in [6.45, 7) is 6.89. The lowest BCUT2D eigenvalue weighted by molar-refractivity contribution is -0.130. The van der Waals surface area contributed by atoms with Crippen LogP contribution in [0.2, 0.25) is 0 Å². The number of aryl methyl sites for hydroxylation is 2. The summed E-state index contributed by atoms with van der Waals surface area (Å²) in [6.07, 6.45) is 5.25. The third-order valence-corrected chi connectivity index (χ3v) is 5.56. The second-order valence-electron chi connectivity index (χ2n) is 7.72. The number of hydrogen-bond donors (Lipinski definition) is 1. The van der Waals surface area contributed by atoms with Crippen LogP contribution in [0.25, 0.3) is 10.9 Å². The van der Waals surface area contributed by atoms with Crippen LogP contribution >= 0.6 is 0 Å². The fourth-order valence-corrected chi connectivity index (χ4v) is 4.08.